The fraction of sp³-hybridized carbons (Fsp3) is 0.188. The summed E-state index contributed by atoms with van der Waals surface area (Å²) in [6.07, 6.45) is 0.841. The van der Waals surface area contributed by atoms with Gasteiger partial charge in [0.05, 0.1) is 16.3 Å². The van der Waals surface area contributed by atoms with Crippen LogP contribution in [0, 0.1) is 10.1 Å². The van der Waals surface area contributed by atoms with Crippen LogP contribution in [0.3, 0.4) is 0 Å². The third-order valence-corrected chi connectivity index (χ3v) is 3.64. The lowest BCUT2D eigenvalue weighted by atomic mass is 10.1. The molecule has 0 aliphatic carbocycles. The fourth-order valence-electron chi connectivity index (χ4n) is 2.53. The maximum Gasteiger partial charge on any atom is 0.269 e. The van der Waals surface area contributed by atoms with Crippen molar-refractivity contribution in [3.8, 4) is 0 Å². The lowest BCUT2D eigenvalue weighted by molar-refractivity contribution is -0.384. The summed E-state index contributed by atoms with van der Waals surface area (Å²) in [4.78, 5) is 24.7. The number of anilines is 2. The summed E-state index contributed by atoms with van der Waals surface area (Å²) in [5.41, 5.74) is 2.19. The average Bonchev–Trinajstić information content (AvgIpc) is 2.76. The second kappa shape index (κ2) is 5.85. The van der Waals surface area contributed by atoms with Crippen LogP contribution in [0.1, 0.15) is 16.8 Å². The van der Waals surface area contributed by atoms with Crippen molar-refractivity contribution in [3.05, 3.63) is 64.2 Å². The van der Waals surface area contributed by atoms with Crippen molar-refractivity contribution >= 4 is 23.0 Å². The molecule has 0 spiro atoms. The molecule has 0 unspecified atom stereocenters. The molecule has 6 heteroatoms. The Morgan fingerprint density at radius 1 is 1.14 bits per heavy atom. The number of non-ortho nitro benzene ring substituents is 1. The molecule has 1 aliphatic rings. The van der Waals surface area contributed by atoms with E-state index in [0.29, 0.717) is 12.1 Å². The third-order valence-electron chi connectivity index (χ3n) is 3.64. The van der Waals surface area contributed by atoms with Crippen LogP contribution in [-0.2, 0) is 0 Å². The van der Waals surface area contributed by atoms with Gasteiger partial charge in [0.1, 0.15) is 0 Å². The van der Waals surface area contributed by atoms with Gasteiger partial charge >= 0.3 is 0 Å². The van der Waals surface area contributed by atoms with E-state index in [1.165, 1.54) is 24.3 Å². The summed E-state index contributed by atoms with van der Waals surface area (Å²) in [7, 11) is 0. The number of fused-ring (bicyclic) bond motifs is 1. The smallest absolute Gasteiger partial charge is 0.269 e. The van der Waals surface area contributed by atoms with Gasteiger partial charge in [0.2, 0.25) is 0 Å². The van der Waals surface area contributed by atoms with Gasteiger partial charge in [-0.25, -0.2) is 0 Å². The number of nitrogens with one attached hydrogen (secondary N) is 1. The van der Waals surface area contributed by atoms with Crippen LogP contribution in [0.4, 0.5) is 17.1 Å². The average molecular weight is 297 g/mol. The number of para-hydroxylation sites is 2. The minimum absolute atomic E-state index is 0.0190. The number of hydrogen-bond donors (Lipinski definition) is 1. The topological polar surface area (TPSA) is 75.5 Å². The monoisotopic (exact) mass is 297 g/mol. The quantitative estimate of drug-likeness (QED) is 0.683. The summed E-state index contributed by atoms with van der Waals surface area (Å²) in [6, 6.07) is 13.4. The highest BCUT2D eigenvalue weighted by atomic mass is 16.6. The minimum atomic E-state index is -0.473. The minimum Gasteiger partial charge on any atom is -0.383 e. The number of amides is 1. The molecule has 1 N–H and O–H groups in total. The number of benzene rings is 2. The van der Waals surface area contributed by atoms with Gasteiger partial charge in [0, 0.05) is 30.8 Å². The number of nitrogens with zero attached hydrogens (tertiary/aromatic N) is 2. The van der Waals surface area contributed by atoms with Gasteiger partial charge in [-0.2, -0.15) is 0 Å². The highest BCUT2D eigenvalue weighted by Gasteiger charge is 2.22. The molecule has 0 aromatic heterocycles. The lowest BCUT2D eigenvalue weighted by Crippen LogP contribution is -2.31. The molecule has 2 aromatic carbocycles. The number of nitro benzene ring substituents is 1. The van der Waals surface area contributed by atoms with E-state index < -0.39 is 4.92 Å². The lowest BCUT2D eigenvalue weighted by Gasteiger charge is -2.22. The van der Waals surface area contributed by atoms with Crippen molar-refractivity contribution in [2.24, 2.45) is 0 Å². The Morgan fingerprint density at radius 2 is 1.86 bits per heavy atom. The van der Waals surface area contributed by atoms with Crippen LogP contribution in [0.25, 0.3) is 0 Å². The largest absolute Gasteiger partial charge is 0.383 e. The Balaban J connectivity index is 1.93. The van der Waals surface area contributed by atoms with Crippen LogP contribution < -0.4 is 10.2 Å². The van der Waals surface area contributed by atoms with Crippen LogP contribution in [-0.4, -0.2) is 23.9 Å². The highest BCUT2D eigenvalue weighted by molar-refractivity contribution is 6.08. The van der Waals surface area contributed by atoms with Gasteiger partial charge in [-0.1, -0.05) is 12.1 Å². The molecule has 2 aromatic rings. The zero-order valence-electron chi connectivity index (χ0n) is 11.9. The molecule has 0 saturated heterocycles. The molecule has 1 amide bonds. The van der Waals surface area contributed by atoms with Gasteiger partial charge in [-0.3, -0.25) is 14.9 Å². The van der Waals surface area contributed by atoms with Crippen LogP contribution >= 0.6 is 0 Å². The van der Waals surface area contributed by atoms with Crippen molar-refractivity contribution < 1.29 is 9.72 Å². The van der Waals surface area contributed by atoms with E-state index in [2.05, 4.69) is 5.32 Å². The first-order chi connectivity index (χ1) is 10.7. The zero-order valence-corrected chi connectivity index (χ0v) is 11.9. The first-order valence-electron chi connectivity index (χ1n) is 7.06. The predicted molar refractivity (Wildman–Crippen MR) is 84.3 cm³/mol. The fourth-order valence-corrected chi connectivity index (χ4v) is 2.53. The summed E-state index contributed by atoms with van der Waals surface area (Å²) < 4.78 is 0. The molecule has 112 valence electrons. The predicted octanol–water partition coefficient (Wildman–Crippen LogP) is 3.06. The van der Waals surface area contributed by atoms with Gasteiger partial charge in [-0.15, -0.1) is 0 Å². The van der Waals surface area contributed by atoms with Crippen molar-refractivity contribution in [2.45, 2.75) is 6.42 Å². The van der Waals surface area contributed by atoms with Crippen molar-refractivity contribution in [2.75, 3.05) is 23.3 Å². The van der Waals surface area contributed by atoms with Crippen molar-refractivity contribution in [1.29, 1.82) is 0 Å². The van der Waals surface area contributed by atoms with Gasteiger partial charge < -0.3 is 10.2 Å². The van der Waals surface area contributed by atoms with Crippen molar-refractivity contribution in [3.63, 3.8) is 0 Å². The summed E-state index contributed by atoms with van der Waals surface area (Å²) in [5, 5.41) is 14.0. The molecule has 22 heavy (non-hydrogen) atoms. The summed E-state index contributed by atoms with van der Waals surface area (Å²) in [6.45, 7) is 1.42. The molecule has 0 atom stereocenters. The second-order valence-electron chi connectivity index (χ2n) is 5.06. The Labute approximate surface area is 127 Å². The van der Waals surface area contributed by atoms with Crippen LogP contribution in [0.15, 0.2) is 48.5 Å². The highest BCUT2D eigenvalue weighted by Crippen LogP contribution is 2.29. The molecule has 0 saturated carbocycles. The van der Waals surface area contributed by atoms with Crippen molar-refractivity contribution in [1.82, 2.24) is 0 Å². The van der Waals surface area contributed by atoms with Crippen LogP contribution in [0.5, 0.6) is 0 Å². The summed E-state index contributed by atoms with van der Waals surface area (Å²) >= 11 is 0. The molecule has 6 nitrogen and oxygen atoms in total. The molecular weight excluding hydrogens is 282 g/mol. The van der Waals surface area contributed by atoms with E-state index in [-0.39, 0.29) is 11.6 Å². The molecule has 0 radical (unpaired) electrons. The Bertz CT molecular complexity index is 713. The Hall–Kier alpha value is -2.89. The van der Waals surface area contributed by atoms with E-state index in [1.54, 1.807) is 4.90 Å². The maximum atomic E-state index is 12.7. The van der Waals surface area contributed by atoms with Crippen LogP contribution in [0.2, 0.25) is 0 Å². The zero-order chi connectivity index (χ0) is 15.5. The normalized spacial score (nSPS) is 13.7. The Kier molecular flexibility index (Phi) is 3.74. The second-order valence-corrected chi connectivity index (χ2v) is 5.06. The van der Waals surface area contributed by atoms with E-state index in [1.807, 2.05) is 24.3 Å². The first kappa shape index (κ1) is 14.1. The number of carbonyl (C=O) groups excluding carboxylic acids is 1. The van der Waals surface area contributed by atoms with E-state index in [4.69, 9.17) is 0 Å². The SMILES string of the molecule is O=C(c1ccc([N+](=O)[O-])cc1)N1CCCNc2ccccc21. The maximum absolute atomic E-state index is 12.7. The van der Waals surface area contributed by atoms with Gasteiger partial charge in [0.15, 0.2) is 0 Å². The molecule has 1 heterocycles. The molecule has 1 aliphatic heterocycles. The number of nitro groups is 1. The molecular formula is C16H15N3O3. The molecule has 0 bridgehead atoms. The summed E-state index contributed by atoms with van der Waals surface area (Å²) in [5.74, 6) is -0.147. The molecule has 0 fully saturated rings. The molecule has 3 rings (SSSR count). The van der Waals surface area contributed by atoms with E-state index in [9.17, 15) is 14.9 Å². The third kappa shape index (κ3) is 2.63. The van der Waals surface area contributed by atoms with E-state index >= 15 is 0 Å². The standard InChI is InChI=1S/C16H15N3O3/c20-16(12-6-8-13(9-7-12)19(21)22)18-11-3-10-17-14-4-1-2-5-15(14)18/h1-2,4-9,17H,3,10-11H2. The first-order valence-corrected chi connectivity index (χ1v) is 7.06. The van der Waals surface area contributed by atoms with Gasteiger partial charge in [-0.05, 0) is 30.7 Å². The number of carbonyl (C=O) groups is 1. The van der Waals surface area contributed by atoms with Gasteiger partial charge in [0.25, 0.3) is 11.6 Å². The van der Waals surface area contributed by atoms with E-state index in [0.717, 1.165) is 24.3 Å². The number of hydrogen-bond acceptors (Lipinski definition) is 4. The number of rotatable bonds is 2. The Morgan fingerprint density at radius 3 is 2.59 bits per heavy atom.